The highest BCUT2D eigenvalue weighted by Gasteiger charge is 1.95. The van der Waals surface area contributed by atoms with Crippen LogP contribution in [0.4, 0.5) is 0 Å². The van der Waals surface area contributed by atoms with Gasteiger partial charge in [-0.1, -0.05) is 22.0 Å². The molecule has 0 aliphatic heterocycles. The van der Waals surface area contributed by atoms with E-state index in [9.17, 15) is 4.79 Å². The van der Waals surface area contributed by atoms with E-state index in [1.807, 2.05) is 12.2 Å². The summed E-state index contributed by atoms with van der Waals surface area (Å²) in [4.78, 5) is 14.6. The summed E-state index contributed by atoms with van der Waals surface area (Å²) in [6.07, 6.45) is 6.19. The molecule has 2 nitrogen and oxygen atoms in total. The van der Waals surface area contributed by atoms with Gasteiger partial charge >= 0.3 is 0 Å². The largest absolute Gasteiger partial charge is 0.298 e. The molecule has 0 atom stereocenters. The molecule has 12 heavy (non-hydrogen) atoms. The molecule has 0 saturated carbocycles. The van der Waals surface area contributed by atoms with Crippen molar-refractivity contribution in [3.63, 3.8) is 0 Å². The number of alkyl halides is 1. The number of aromatic nitrogens is 1. The Bertz CT molecular complexity index is 296. The summed E-state index contributed by atoms with van der Waals surface area (Å²) in [5.41, 5.74) is 1.33. The number of allylic oxidation sites excluding steroid dienone is 1. The molecule has 0 bridgehead atoms. The molecule has 1 aromatic rings. The Labute approximate surface area is 79.5 Å². The van der Waals surface area contributed by atoms with Crippen LogP contribution >= 0.6 is 15.9 Å². The van der Waals surface area contributed by atoms with Crippen molar-refractivity contribution >= 4 is 28.3 Å². The molecule has 0 saturated heterocycles. The van der Waals surface area contributed by atoms with Crippen molar-refractivity contribution in [3.05, 3.63) is 35.7 Å². The van der Waals surface area contributed by atoms with Crippen LogP contribution < -0.4 is 0 Å². The molecule has 0 aromatic carbocycles. The molecule has 3 heteroatoms. The van der Waals surface area contributed by atoms with Gasteiger partial charge in [-0.3, -0.25) is 9.78 Å². The Morgan fingerprint density at radius 3 is 3.08 bits per heavy atom. The minimum Gasteiger partial charge on any atom is -0.298 e. The quantitative estimate of drug-likeness (QED) is 0.584. The molecule has 0 amide bonds. The van der Waals surface area contributed by atoms with Crippen LogP contribution in [0, 0.1) is 0 Å². The smallest absolute Gasteiger partial charge is 0.152 e. The highest BCUT2D eigenvalue weighted by molar-refractivity contribution is 9.09. The zero-order chi connectivity index (χ0) is 8.81. The summed E-state index contributed by atoms with van der Waals surface area (Å²) in [6, 6.07) is 3.49. The third-order valence-corrected chi connectivity index (χ3v) is 1.74. The Morgan fingerprint density at radius 1 is 1.58 bits per heavy atom. The van der Waals surface area contributed by atoms with E-state index in [2.05, 4.69) is 20.9 Å². The van der Waals surface area contributed by atoms with Crippen LogP contribution in [0.2, 0.25) is 0 Å². The average molecular weight is 226 g/mol. The fraction of sp³-hybridized carbons (Fsp3) is 0.111. The second-order valence-electron chi connectivity index (χ2n) is 2.15. The number of pyridine rings is 1. The lowest BCUT2D eigenvalue weighted by atomic mass is 10.2. The van der Waals surface area contributed by atoms with Crippen molar-refractivity contribution in [1.82, 2.24) is 4.98 Å². The minimum absolute atomic E-state index is 0.620. The van der Waals surface area contributed by atoms with Crippen LogP contribution in [-0.4, -0.2) is 16.6 Å². The van der Waals surface area contributed by atoms with Gasteiger partial charge in [0.25, 0.3) is 0 Å². The van der Waals surface area contributed by atoms with Gasteiger partial charge in [0.1, 0.15) is 0 Å². The van der Waals surface area contributed by atoms with Crippen molar-refractivity contribution in [3.8, 4) is 0 Å². The van der Waals surface area contributed by atoms with Crippen LogP contribution in [0.5, 0.6) is 0 Å². The van der Waals surface area contributed by atoms with Gasteiger partial charge in [-0.25, -0.2) is 0 Å². The van der Waals surface area contributed by atoms with Crippen LogP contribution in [0.3, 0.4) is 0 Å². The van der Waals surface area contributed by atoms with E-state index in [-0.39, 0.29) is 0 Å². The lowest BCUT2D eigenvalue weighted by molar-refractivity contribution is 0.112. The van der Waals surface area contributed by atoms with E-state index in [1.54, 1.807) is 18.3 Å². The van der Waals surface area contributed by atoms with Crippen molar-refractivity contribution in [1.29, 1.82) is 0 Å². The van der Waals surface area contributed by atoms with E-state index in [4.69, 9.17) is 0 Å². The molecule has 0 radical (unpaired) electrons. The van der Waals surface area contributed by atoms with Gasteiger partial charge in [0.05, 0.1) is 5.69 Å². The van der Waals surface area contributed by atoms with Crippen molar-refractivity contribution in [2.24, 2.45) is 0 Å². The Hall–Kier alpha value is -0.960. The zero-order valence-corrected chi connectivity index (χ0v) is 7.99. The molecule has 0 fully saturated rings. The van der Waals surface area contributed by atoms with Crippen molar-refractivity contribution in [2.75, 3.05) is 5.33 Å². The van der Waals surface area contributed by atoms with E-state index < -0.39 is 0 Å². The first kappa shape index (κ1) is 9.13. The topological polar surface area (TPSA) is 30.0 Å². The molecular formula is C9H8BrNO. The summed E-state index contributed by atoms with van der Waals surface area (Å²) in [7, 11) is 0. The Kier molecular flexibility index (Phi) is 3.67. The first-order valence-corrected chi connectivity index (χ1v) is 4.63. The maximum absolute atomic E-state index is 10.5. The fourth-order valence-corrected chi connectivity index (χ4v) is 1.01. The SMILES string of the molecule is O=Cc1cccnc1C=CCBr. The minimum atomic E-state index is 0.620. The highest BCUT2D eigenvalue weighted by atomic mass is 79.9. The lowest BCUT2D eigenvalue weighted by Crippen LogP contribution is -1.88. The lowest BCUT2D eigenvalue weighted by Gasteiger charge is -1.94. The molecule has 0 aliphatic rings. The second kappa shape index (κ2) is 4.83. The number of rotatable bonds is 3. The third kappa shape index (κ3) is 2.27. The monoisotopic (exact) mass is 225 g/mol. The van der Waals surface area contributed by atoms with Gasteiger partial charge in [-0.2, -0.15) is 0 Å². The third-order valence-electron chi connectivity index (χ3n) is 1.36. The molecular weight excluding hydrogens is 218 g/mol. The maximum Gasteiger partial charge on any atom is 0.152 e. The van der Waals surface area contributed by atoms with Crippen LogP contribution in [-0.2, 0) is 0 Å². The molecule has 1 aromatic heterocycles. The number of aldehydes is 1. The fourth-order valence-electron chi connectivity index (χ4n) is 0.825. The Balaban J connectivity index is 2.96. The van der Waals surface area contributed by atoms with Crippen LogP contribution in [0.25, 0.3) is 6.08 Å². The van der Waals surface area contributed by atoms with Crippen LogP contribution in [0.1, 0.15) is 16.1 Å². The van der Waals surface area contributed by atoms with E-state index >= 15 is 0 Å². The van der Waals surface area contributed by atoms with E-state index in [0.717, 1.165) is 11.6 Å². The van der Waals surface area contributed by atoms with Gasteiger partial charge in [-0.05, 0) is 18.2 Å². The van der Waals surface area contributed by atoms with Gasteiger partial charge < -0.3 is 0 Å². The van der Waals surface area contributed by atoms with Gasteiger partial charge in [-0.15, -0.1) is 0 Å². The van der Waals surface area contributed by atoms with Crippen LogP contribution in [0.15, 0.2) is 24.4 Å². The number of carbonyl (C=O) groups excluding carboxylic acids is 1. The highest BCUT2D eigenvalue weighted by Crippen LogP contribution is 2.04. The predicted molar refractivity (Wildman–Crippen MR) is 52.5 cm³/mol. The molecule has 1 rings (SSSR count). The molecule has 0 spiro atoms. The average Bonchev–Trinajstić information content (AvgIpc) is 2.15. The number of carbonyl (C=O) groups is 1. The summed E-state index contributed by atoms with van der Waals surface area (Å²) < 4.78 is 0. The van der Waals surface area contributed by atoms with Crippen molar-refractivity contribution < 1.29 is 4.79 Å². The summed E-state index contributed by atoms with van der Waals surface area (Å²) in [5.74, 6) is 0. The molecule has 0 N–H and O–H groups in total. The Morgan fingerprint density at radius 2 is 2.42 bits per heavy atom. The molecule has 62 valence electrons. The molecule has 0 unspecified atom stereocenters. The van der Waals surface area contributed by atoms with Gasteiger partial charge in [0.2, 0.25) is 0 Å². The molecule has 1 heterocycles. The van der Waals surface area contributed by atoms with Gasteiger partial charge in [0.15, 0.2) is 6.29 Å². The summed E-state index contributed by atoms with van der Waals surface area (Å²) >= 11 is 3.25. The zero-order valence-electron chi connectivity index (χ0n) is 6.40. The summed E-state index contributed by atoms with van der Waals surface area (Å²) in [5, 5.41) is 0.766. The van der Waals surface area contributed by atoms with E-state index in [1.165, 1.54) is 0 Å². The molecule has 0 aliphatic carbocycles. The normalized spacial score (nSPS) is 10.4. The van der Waals surface area contributed by atoms with Crippen molar-refractivity contribution in [2.45, 2.75) is 0 Å². The number of halogens is 1. The predicted octanol–water partition coefficient (Wildman–Crippen LogP) is 2.30. The number of hydrogen-bond acceptors (Lipinski definition) is 2. The number of nitrogens with zero attached hydrogens (tertiary/aromatic N) is 1. The first-order chi connectivity index (χ1) is 5.88. The first-order valence-electron chi connectivity index (χ1n) is 3.51. The second-order valence-corrected chi connectivity index (χ2v) is 2.80. The standard InChI is InChI=1S/C9H8BrNO/c10-5-1-4-9-8(7-12)3-2-6-11-9/h1-4,6-7H,5H2. The summed E-state index contributed by atoms with van der Waals surface area (Å²) in [6.45, 7) is 0. The van der Waals surface area contributed by atoms with Gasteiger partial charge in [0, 0.05) is 17.1 Å². The van der Waals surface area contributed by atoms with E-state index in [0.29, 0.717) is 11.3 Å². The number of hydrogen-bond donors (Lipinski definition) is 0. The maximum atomic E-state index is 10.5.